The minimum absolute atomic E-state index is 0.487. The van der Waals surface area contributed by atoms with Gasteiger partial charge in [-0.1, -0.05) is 26.8 Å². The molecule has 0 N–H and O–H groups in total. The van der Waals surface area contributed by atoms with Gasteiger partial charge >= 0.3 is 0 Å². The fraction of sp³-hybridized carbons (Fsp3) is 0.625. The molecule has 1 atom stereocenters. The molecule has 0 aliphatic rings. The van der Waals surface area contributed by atoms with Gasteiger partial charge in [-0.15, -0.1) is 0 Å². The molecule has 0 fully saturated rings. The molecule has 0 aromatic carbocycles. The van der Waals surface area contributed by atoms with E-state index in [1.807, 2.05) is 18.2 Å². The van der Waals surface area contributed by atoms with Crippen LogP contribution in [0.15, 0.2) is 22.8 Å². The summed E-state index contributed by atoms with van der Waals surface area (Å²) < 4.78 is 7.52. The Balaban J connectivity index is 3.17. The van der Waals surface area contributed by atoms with E-state index in [9.17, 15) is 4.79 Å². The third-order valence-corrected chi connectivity index (χ3v) is 9.56. The van der Waals surface area contributed by atoms with Crippen molar-refractivity contribution in [2.75, 3.05) is 0 Å². The highest BCUT2D eigenvalue weighted by Crippen LogP contribution is 2.37. The van der Waals surface area contributed by atoms with Crippen LogP contribution in [0.2, 0.25) is 18.1 Å². The highest BCUT2D eigenvalue weighted by molar-refractivity contribution is 9.10. The van der Waals surface area contributed by atoms with Gasteiger partial charge in [0.2, 0.25) is 0 Å². The molecule has 0 radical (unpaired) electrons. The topological polar surface area (TPSA) is 39.2 Å². The van der Waals surface area contributed by atoms with Crippen LogP contribution < -0.4 is 0 Å². The van der Waals surface area contributed by atoms with Gasteiger partial charge in [0.05, 0.1) is 11.3 Å². The third-order valence-electron chi connectivity index (χ3n) is 4.37. The molecule has 0 bridgehead atoms. The Morgan fingerprint density at radius 1 is 1.29 bits per heavy atom. The number of halogens is 1. The zero-order chi connectivity index (χ0) is 15.9. The van der Waals surface area contributed by atoms with Gasteiger partial charge in [0.1, 0.15) is 10.9 Å². The lowest BCUT2D eigenvalue weighted by Gasteiger charge is -2.40. The molecule has 1 heterocycles. The molecule has 1 aromatic heterocycles. The summed E-state index contributed by atoms with van der Waals surface area (Å²) in [6.07, 6.45) is 2.13. The predicted octanol–water partition coefficient (Wildman–Crippen LogP) is 5.06. The van der Waals surface area contributed by atoms with Crippen molar-refractivity contribution >= 4 is 30.5 Å². The maximum atomic E-state index is 10.9. The smallest absolute Gasteiger partial charge is 0.193 e. The molecule has 1 rings (SSSR count). The Bertz CT molecular complexity index is 457. The SMILES string of the molecule is CC[Si](CC)(CC)O[C@](C)(CCC=O)c1cccc(Br)n1. The van der Waals surface area contributed by atoms with Crippen molar-refractivity contribution < 1.29 is 9.22 Å². The molecule has 0 spiro atoms. The summed E-state index contributed by atoms with van der Waals surface area (Å²) >= 11 is 3.43. The quantitative estimate of drug-likeness (QED) is 0.346. The molecular formula is C16H26BrNO2Si. The van der Waals surface area contributed by atoms with Crippen molar-refractivity contribution in [3.05, 3.63) is 28.5 Å². The first-order valence-electron chi connectivity index (χ1n) is 7.72. The average Bonchev–Trinajstić information content (AvgIpc) is 2.51. The summed E-state index contributed by atoms with van der Waals surface area (Å²) in [5.41, 5.74) is 0.421. The lowest BCUT2D eigenvalue weighted by Crippen LogP contribution is -2.44. The Morgan fingerprint density at radius 3 is 2.38 bits per heavy atom. The van der Waals surface area contributed by atoms with E-state index < -0.39 is 13.9 Å². The summed E-state index contributed by atoms with van der Waals surface area (Å²) in [5, 5.41) is 0. The number of aromatic nitrogens is 1. The van der Waals surface area contributed by atoms with Crippen LogP contribution in [0.5, 0.6) is 0 Å². The Morgan fingerprint density at radius 2 is 1.90 bits per heavy atom. The fourth-order valence-electron chi connectivity index (χ4n) is 2.71. The number of hydrogen-bond donors (Lipinski definition) is 0. The largest absolute Gasteiger partial charge is 0.406 e. The third kappa shape index (κ3) is 4.73. The van der Waals surface area contributed by atoms with Gasteiger partial charge in [-0.05, 0) is 59.5 Å². The highest BCUT2D eigenvalue weighted by atomic mass is 79.9. The highest BCUT2D eigenvalue weighted by Gasteiger charge is 2.39. The molecule has 0 saturated heterocycles. The minimum Gasteiger partial charge on any atom is -0.406 e. The van der Waals surface area contributed by atoms with Gasteiger partial charge in [-0.2, -0.15) is 0 Å². The van der Waals surface area contributed by atoms with Crippen LogP contribution in [-0.2, 0) is 14.8 Å². The standard InChI is InChI=1S/C16H26BrNO2Si/c1-5-21(6-2,7-3)20-16(4,12-9-13-19)14-10-8-11-15(17)18-14/h8,10-11,13H,5-7,9,12H2,1-4H3/t16-/m1/s1. The number of pyridine rings is 1. The summed E-state index contributed by atoms with van der Waals surface area (Å²) in [4.78, 5) is 15.4. The second-order valence-corrected chi connectivity index (χ2v) is 11.1. The van der Waals surface area contributed by atoms with E-state index in [0.29, 0.717) is 12.8 Å². The average molecular weight is 372 g/mol. The summed E-state index contributed by atoms with van der Waals surface area (Å²) in [5.74, 6) is 0. The molecule has 21 heavy (non-hydrogen) atoms. The van der Waals surface area contributed by atoms with E-state index in [4.69, 9.17) is 4.43 Å². The number of aldehydes is 1. The zero-order valence-corrected chi connectivity index (χ0v) is 16.1. The van der Waals surface area contributed by atoms with Crippen molar-refractivity contribution in [1.29, 1.82) is 0 Å². The second-order valence-electron chi connectivity index (χ2n) is 5.63. The normalized spacial score (nSPS) is 14.7. The van der Waals surface area contributed by atoms with Gasteiger partial charge < -0.3 is 9.22 Å². The number of nitrogens with zero attached hydrogens (tertiary/aromatic N) is 1. The van der Waals surface area contributed by atoms with Crippen LogP contribution in [0.4, 0.5) is 0 Å². The number of rotatable bonds is 9. The first-order chi connectivity index (χ1) is 9.95. The van der Waals surface area contributed by atoms with Gasteiger partial charge in [0.25, 0.3) is 0 Å². The van der Waals surface area contributed by atoms with E-state index in [1.165, 1.54) is 0 Å². The van der Waals surface area contributed by atoms with Crippen LogP contribution in [-0.4, -0.2) is 19.6 Å². The monoisotopic (exact) mass is 371 g/mol. The van der Waals surface area contributed by atoms with Crippen molar-refractivity contribution in [2.24, 2.45) is 0 Å². The van der Waals surface area contributed by atoms with E-state index in [-0.39, 0.29) is 0 Å². The van der Waals surface area contributed by atoms with E-state index >= 15 is 0 Å². The van der Waals surface area contributed by atoms with Gasteiger partial charge in [0, 0.05) is 6.42 Å². The summed E-state index contributed by atoms with van der Waals surface area (Å²) in [6.45, 7) is 8.73. The number of carbonyl (C=O) groups is 1. The van der Waals surface area contributed by atoms with Crippen molar-refractivity contribution in [2.45, 2.75) is 64.3 Å². The molecule has 1 aromatic rings. The Hall–Kier alpha value is -0.523. The maximum absolute atomic E-state index is 10.9. The molecule has 0 amide bonds. The summed E-state index contributed by atoms with van der Waals surface area (Å²) in [7, 11) is -1.77. The zero-order valence-electron chi connectivity index (χ0n) is 13.5. The number of hydrogen-bond acceptors (Lipinski definition) is 3. The van der Waals surface area contributed by atoms with Crippen LogP contribution in [0.25, 0.3) is 0 Å². The molecule has 3 nitrogen and oxygen atoms in total. The van der Waals surface area contributed by atoms with Crippen LogP contribution in [0.3, 0.4) is 0 Å². The molecular weight excluding hydrogens is 346 g/mol. The minimum atomic E-state index is -1.77. The summed E-state index contributed by atoms with van der Waals surface area (Å²) in [6, 6.07) is 9.14. The van der Waals surface area contributed by atoms with Crippen molar-refractivity contribution in [1.82, 2.24) is 4.98 Å². The van der Waals surface area contributed by atoms with Gasteiger partial charge in [0.15, 0.2) is 8.32 Å². The molecule has 0 unspecified atom stereocenters. The lowest BCUT2D eigenvalue weighted by atomic mass is 9.96. The second kappa shape index (κ2) is 8.20. The number of carbonyl (C=O) groups excluding carboxylic acids is 1. The van der Waals surface area contributed by atoms with Crippen LogP contribution in [0.1, 0.15) is 46.2 Å². The molecule has 0 saturated carbocycles. The molecule has 5 heteroatoms. The molecule has 0 aliphatic carbocycles. The maximum Gasteiger partial charge on any atom is 0.193 e. The molecule has 0 aliphatic heterocycles. The fourth-order valence-corrected chi connectivity index (χ4v) is 6.15. The Kier molecular flexibility index (Phi) is 7.23. The predicted molar refractivity (Wildman–Crippen MR) is 92.9 cm³/mol. The molecule has 118 valence electrons. The van der Waals surface area contributed by atoms with Gasteiger partial charge in [-0.25, -0.2) is 4.98 Å². The first-order valence-corrected chi connectivity index (χ1v) is 11.0. The van der Waals surface area contributed by atoms with Gasteiger partial charge in [-0.3, -0.25) is 0 Å². The van der Waals surface area contributed by atoms with Crippen LogP contribution >= 0.6 is 15.9 Å². The van der Waals surface area contributed by atoms with Crippen LogP contribution in [0, 0.1) is 0 Å². The van der Waals surface area contributed by atoms with Crippen molar-refractivity contribution in [3.63, 3.8) is 0 Å². The van der Waals surface area contributed by atoms with Crippen molar-refractivity contribution in [3.8, 4) is 0 Å². The Labute approximate surface area is 137 Å². The van der Waals surface area contributed by atoms with E-state index in [2.05, 4.69) is 48.6 Å². The first kappa shape index (κ1) is 18.5. The lowest BCUT2D eigenvalue weighted by molar-refractivity contribution is -0.108. The van der Waals surface area contributed by atoms with E-state index in [0.717, 1.165) is 34.7 Å². The van der Waals surface area contributed by atoms with E-state index in [1.54, 1.807) is 0 Å².